The van der Waals surface area contributed by atoms with E-state index in [1.165, 1.54) is 0 Å². The molecule has 2 heterocycles. The van der Waals surface area contributed by atoms with E-state index in [1.54, 1.807) is 26.2 Å². The van der Waals surface area contributed by atoms with Crippen LogP contribution in [0, 0.1) is 0 Å². The van der Waals surface area contributed by atoms with E-state index in [1.807, 2.05) is 21.5 Å². The summed E-state index contributed by atoms with van der Waals surface area (Å²) in [4.78, 5) is 33.7. The van der Waals surface area contributed by atoms with Gasteiger partial charge in [0, 0.05) is 30.8 Å². The van der Waals surface area contributed by atoms with Crippen molar-refractivity contribution < 1.29 is 9.59 Å². The molecule has 0 aromatic carbocycles. The lowest BCUT2D eigenvalue weighted by atomic mass is 10.3. The van der Waals surface area contributed by atoms with Gasteiger partial charge < -0.3 is 9.13 Å². The third kappa shape index (κ3) is 4.86. The van der Waals surface area contributed by atoms with E-state index in [0.29, 0.717) is 26.2 Å². The third-order valence-electron chi connectivity index (χ3n) is 3.81. The normalized spacial score (nSPS) is 11.4. The number of Topliss-reactive ketones (excluding diaryl/α,β-unsaturated/α-hetero) is 2. The van der Waals surface area contributed by atoms with Crippen molar-refractivity contribution in [3.05, 3.63) is 36.4 Å². The minimum atomic E-state index is 0.0994. The summed E-state index contributed by atoms with van der Waals surface area (Å²) in [5.41, 5.74) is 0. The summed E-state index contributed by atoms with van der Waals surface area (Å²) in [5, 5.41) is 0. The first-order chi connectivity index (χ1) is 11.4. The third-order valence-corrected chi connectivity index (χ3v) is 3.81. The van der Waals surface area contributed by atoms with Gasteiger partial charge in [0.05, 0.1) is 26.2 Å². The molecule has 0 amide bonds. The fraction of sp³-hybridized carbons (Fsp3) is 0.529. The van der Waals surface area contributed by atoms with Gasteiger partial charge in [-0.25, -0.2) is 9.97 Å². The Balaban J connectivity index is 2.13. The van der Waals surface area contributed by atoms with E-state index in [2.05, 4.69) is 28.7 Å². The van der Waals surface area contributed by atoms with E-state index in [-0.39, 0.29) is 17.6 Å². The minimum Gasteiger partial charge on any atom is -0.326 e. The maximum Gasteiger partial charge on any atom is 0.149 e. The average Bonchev–Trinajstić information content (AvgIpc) is 3.07. The largest absolute Gasteiger partial charge is 0.326 e. The van der Waals surface area contributed by atoms with Crippen LogP contribution in [0.2, 0.25) is 0 Å². The van der Waals surface area contributed by atoms with Gasteiger partial charge in [0.15, 0.2) is 0 Å². The van der Waals surface area contributed by atoms with Gasteiger partial charge in [-0.3, -0.25) is 14.5 Å². The Kier molecular flexibility index (Phi) is 6.03. The maximum absolute atomic E-state index is 11.4. The highest BCUT2D eigenvalue weighted by Gasteiger charge is 2.17. The van der Waals surface area contributed by atoms with Gasteiger partial charge in [0.2, 0.25) is 0 Å². The summed E-state index contributed by atoms with van der Waals surface area (Å²) in [7, 11) is 0. The van der Waals surface area contributed by atoms with Crippen LogP contribution >= 0.6 is 0 Å². The number of carbonyl (C=O) groups excluding carboxylic acids is 2. The van der Waals surface area contributed by atoms with Gasteiger partial charge in [-0.15, -0.1) is 0 Å². The highest BCUT2D eigenvalue weighted by atomic mass is 16.1. The smallest absolute Gasteiger partial charge is 0.149 e. The van der Waals surface area contributed by atoms with E-state index in [0.717, 1.165) is 11.6 Å². The van der Waals surface area contributed by atoms with Crippen LogP contribution in [0.15, 0.2) is 24.8 Å². The highest BCUT2D eigenvalue weighted by Crippen LogP contribution is 2.12. The van der Waals surface area contributed by atoms with Gasteiger partial charge in [-0.2, -0.15) is 0 Å². The molecule has 2 aromatic rings. The number of aromatic nitrogens is 4. The second-order valence-corrected chi connectivity index (χ2v) is 6.35. The van der Waals surface area contributed by atoms with Crippen LogP contribution in [0.4, 0.5) is 0 Å². The second-order valence-electron chi connectivity index (χ2n) is 6.35. The molecule has 0 fully saturated rings. The fourth-order valence-electron chi connectivity index (χ4n) is 2.54. The quantitative estimate of drug-likeness (QED) is 0.699. The Morgan fingerprint density at radius 3 is 1.71 bits per heavy atom. The van der Waals surface area contributed by atoms with E-state index < -0.39 is 0 Å². The van der Waals surface area contributed by atoms with Crippen molar-refractivity contribution in [2.75, 3.05) is 0 Å². The molecular formula is C17H25N5O2. The molecule has 0 bridgehead atoms. The number of ketones is 2. The number of hydrogen-bond donors (Lipinski definition) is 0. The fourth-order valence-corrected chi connectivity index (χ4v) is 2.54. The molecule has 2 rings (SSSR count). The molecule has 0 unspecified atom stereocenters. The predicted octanol–water partition coefficient (Wildman–Crippen LogP) is 1.67. The van der Waals surface area contributed by atoms with Crippen molar-refractivity contribution in [2.24, 2.45) is 0 Å². The number of rotatable bonds is 9. The monoisotopic (exact) mass is 331 g/mol. The zero-order chi connectivity index (χ0) is 17.7. The molecule has 7 heteroatoms. The van der Waals surface area contributed by atoms with Gasteiger partial charge in [-0.1, -0.05) is 0 Å². The lowest BCUT2D eigenvalue weighted by molar-refractivity contribution is -0.118. The summed E-state index contributed by atoms with van der Waals surface area (Å²) >= 11 is 0. The van der Waals surface area contributed by atoms with Crippen molar-refractivity contribution in [2.45, 2.75) is 59.9 Å². The molecule has 0 saturated carbocycles. The Morgan fingerprint density at radius 2 is 1.38 bits per heavy atom. The Labute approximate surface area is 142 Å². The van der Waals surface area contributed by atoms with Crippen LogP contribution < -0.4 is 0 Å². The average molecular weight is 331 g/mol. The first kappa shape index (κ1) is 18.1. The summed E-state index contributed by atoms with van der Waals surface area (Å²) in [6, 6.07) is 0.273. The molecule has 0 radical (unpaired) electrons. The maximum atomic E-state index is 11.4. The number of nitrogens with zero attached hydrogens (tertiary/aromatic N) is 5. The van der Waals surface area contributed by atoms with Crippen LogP contribution in [0.3, 0.4) is 0 Å². The summed E-state index contributed by atoms with van der Waals surface area (Å²) in [6.07, 6.45) is 7.08. The Hall–Kier alpha value is -2.28. The van der Waals surface area contributed by atoms with Crippen LogP contribution in [0.5, 0.6) is 0 Å². The topological polar surface area (TPSA) is 73.0 Å². The van der Waals surface area contributed by atoms with Gasteiger partial charge in [0.25, 0.3) is 0 Å². The number of imidazole rings is 2. The van der Waals surface area contributed by atoms with Crippen LogP contribution in [0.1, 0.15) is 39.3 Å². The lowest BCUT2D eigenvalue weighted by Gasteiger charge is -2.26. The molecule has 7 nitrogen and oxygen atoms in total. The van der Waals surface area contributed by atoms with Crippen molar-refractivity contribution in [1.82, 2.24) is 24.0 Å². The number of hydrogen-bond acceptors (Lipinski definition) is 5. The van der Waals surface area contributed by atoms with Crippen molar-refractivity contribution in [3.8, 4) is 0 Å². The zero-order valence-electron chi connectivity index (χ0n) is 14.8. The summed E-state index contributed by atoms with van der Waals surface area (Å²) in [6.45, 7) is 9.26. The van der Waals surface area contributed by atoms with Crippen LogP contribution in [-0.2, 0) is 35.8 Å². The molecule has 24 heavy (non-hydrogen) atoms. The summed E-state index contributed by atoms with van der Waals surface area (Å²) < 4.78 is 3.75. The van der Waals surface area contributed by atoms with E-state index >= 15 is 0 Å². The second kappa shape index (κ2) is 8.01. The molecule has 0 saturated heterocycles. The Morgan fingerprint density at radius 1 is 0.958 bits per heavy atom. The summed E-state index contributed by atoms with van der Waals surface area (Å²) in [5.74, 6) is 1.90. The van der Waals surface area contributed by atoms with Gasteiger partial charge in [-0.05, 0) is 27.7 Å². The molecule has 0 aliphatic carbocycles. The van der Waals surface area contributed by atoms with Crippen molar-refractivity contribution in [3.63, 3.8) is 0 Å². The molecule has 130 valence electrons. The standard InChI is InChI=1S/C17H25N5O2/c1-13(2)22(11-16-18-5-7-20(16)9-14(3)23)12-17-19-6-8-21(17)10-15(4)24/h5-8,13H,9-12H2,1-4H3. The van der Waals surface area contributed by atoms with Crippen LogP contribution in [-0.4, -0.2) is 41.6 Å². The zero-order valence-corrected chi connectivity index (χ0v) is 14.8. The van der Waals surface area contributed by atoms with E-state index in [4.69, 9.17) is 0 Å². The van der Waals surface area contributed by atoms with Crippen LogP contribution in [0.25, 0.3) is 0 Å². The Bertz CT molecular complexity index is 645. The lowest BCUT2D eigenvalue weighted by Crippen LogP contribution is -2.32. The first-order valence-corrected chi connectivity index (χ1v) is 8.09. The molecule has 0 aliphatic rings. The molecule has 0 aliphatic heterocycles. The van der Waals surface area contributed by atoms with Crippen molar-refractivity contribution >= 4 is 11.6 Å². The minimum absolute atomic E-state index is 0.0994. The SMILES string of the molecule is CC(=O)Cn1ccnc1CN(Cc1nccn1CC(C)=O)C(C)C. The molecule has 0 spiro atoms. The van der Waals surface area contributed by atoms with Gasteiger partial charge in [0.1, 0.15) is 23.2 Å². The molecule has 2 aromatic heterocycles. The van der Waals surface area contributed by atoms with E-state index in [9.17, 15) is 9.59 Å². The highest BCUT2D eigenvalue weighted by molar-refractivity contribution is 5.75. The van der Waals surface area contributed by atoms with Gasteiger partial charge >= 0.3 is 0 Å². The molecule has 0 atom stereocenters. The molecular weight excluding hydrogens is 306 g/mol. The molecule has 0 N–H and O–H groups in total. The predicted molar refractivity (Wildman–Crippen MR) is 90.2 cm³/mol. The number of carbonyl (C=O) groups is 2. The first-order valence-electron chi connectivity index (χ1n) is 8.09. The van der Waals surface area contributed by atoms with Crippen molar-refractivity contribution in [1.29, 1.82) is 0 Å².